The summed E-state index contributed by atoms with van der Waals surface area (Å²) in [6, 6.07) is 4.26. The van der Waals surface area contributed by atoms with E-state index in [9.17, 15) is 10.1 Å². The van der Waals surface area contributed by atoms with Crippen LogP contribution in [0.5, 0.6) is 0 Å². The van der Waals surface area contributed by atoms with Gasteiger partial charge in [-0.3, -0.25) is 19.4 Å². The molecule has 2 atom stereocenters. The van der Waals surface area contributed by atoms with Gasteiger partial charge in [0.15, 0.2) is 5.82 Å². The maximum absolute atomic E-state index is 13.4. The maximum Gasteiger partial charge on any atom is 0.249 e. The van der Waals surface area contributed by atoms with E-state index in [0.717, 1.165) is 36.0 Å². The van der Waals surface area contributed by atoms with Crippen molar-refractivity contribution in [1.29, 1.82) is 5.26 Å². The summed E-state index contributed by atoms with van der Waals surface area (Å²) in [6.07, 6.45) is 9.03. The van der Waals surface area contributed by atoms with E-state index in [1.54, 1.807) is 28.2 Å². The fourth-order valence-electron chi connectivity index (χ4n) is 4.46. The SMILES string of the molecule is CCn1cc(-n2nc(N3C[C@@H](C)[C@@](C#N)(C4CC4)C3=O)c3ccncc32)cn1. The molecule has 0 spiro atoms. The number of aromatic nitrogens is 5. The topological polar surface area (TPSA) is 92.6 Å². The molecule has 3 aromatic rings. The van der Waals surface area contributed by atoms with Gasteiger partial charge in [-0.15, -0.1) is 5.10 Å². The average molecular weight is 375 g/mol. The van der Waals surface area contributed by atoms with Crippen molar-refractivity contribution in [3.8, 4) is 11.8 Å². The van der Waals surface area contributed by atoms with Crippen LogP contribution in [0.25, 0.3) is 16.6 Å². The number of anilines is 1. The minimum absolute atomic E-state index is 0.0256. The molecule has 3 aromatic heterocycles. The van der Waals surface area contributed by atoms with Crippen molar-refractivity contribution in [3.63, 3.8) is 0 Å². The Labute approximate surface area is 162 Å². The number of aryl methyl sites for hydroxylation is 1. The number of pyridine rings is 1. The zero-order valence-electron chi connectivity index (χ0n) is 15.9. The monoisotopic (exact) mass is 375 g/mol. The van der Waals surface area contributed by atoms with Gasteiger partial charge in [-0.25, -0.2) is 4.68 Å². The van der Waals surface area contributed by atoms with Gasteiger partial charge < -0.3 is 0 Å². The first-order valence-corrected chi connectivity index (χ1v) is 9.69. The van der Waals surface area contributed by atoms with Crippen LogP contribution in [0.3, 0.4) is 0 Å². The highest BCUT2D eigenvalue weighted by molar-refractivity contribution is 6.07. The molecule has 0 N–H and O–H groups in total. The van der Waals surface area contributed by atoms with Crippen LogP contribution in [0.4, 0.5) is 5.82 Å². The van der Waals surface area contributed by atoms with Gasteiger partial charge in [0.2, 0.25) is 5.91 Å². The minimum atomic E-state index is -0.920. The van der Waals surface area contributed by atoms with Gasteiger partial charge in [0.1, 0.15) is 11.1 Å². The number of nitrogens with zero attached hydrogens (tertiary/aromatic N) is 7. The highest BCUT2D eigenvalue weighted by atomic mass is 16.2. The molecule has 4 heterocycles. The Hall–Kier alpha value is -3.21. The molecule has 1 saturated carbocycles. The number of hydrogen-bond acceptors (Lipinski definition) is 5. The molecule has 0 unspecified atom stereocenters. The fraction of sp³-hybridized carbons (Fsp3) is 0.450. The quantitative estimate of drug-likeness (QED) is 0.699. The largest absolute Gasteiger partial charge is 0.293 e. The molecule has 5 rings (SSSR count). The normalized spacial score (nSPS) is 24.8. The summed E-state index contributed by atoms with van der Waals surface area (Å²) >= 11 is 0. The Balaban J connectivity index is 1.64. The summed E-state index contributed by atoms with van der Waals surface area (Å²) in [6.45, 7) is 5.30. The number of amides is 1. The first kappa shape index (κ1) is 16.9. The molecular weight excluding hydrogens is 354 g/mol. The lowest BCUT2D eigenvalue weighted by Gasteiger charge is -2.22. The first-order valence-electron chi connectivity index (χ1n) is 9.69. The van der Waals surface area contributed by atoms with Crippen LogP contribution in [0.1, 0.15) is 26.7 Å². The molecule has 1 aliphatic heterocycles. The number of fused-ring (bicyclic) bond motifs is 1. The fourth-order valence-corrected chi connectivity index (χ4v) is 4.46. The molecule has 1 aliphatic carbocycles. The smallest absolute Gasteiger partial charge is 0.249 e. The molecule has 2 fully saturated rings. The van der Waals surface area contributed by atoms with Crippen LogP contribution < -0.4 is 4.90 Å². The van der Waals surface area contributed by atoms with Crippen molar-refractivity contribution in [2.45, 2.75) is 33.2 Å². The first-order chi connectivity index (χ1) is 13.6. The third-order valence-corrected chi connectivity index (χ3v) is 6.15. The van der Waals surface area contributed by atoms with E-state index in [-0.39, 0.29) is 17.7 Å². The van der Waals surface area contributed by atoms with Gasteiger partial charge >= 0.3 is 0 Å². The van der Waals surface area contributed by atoms with Crippen molar-refractivity contribution in [3.05, 3.63) is 30.9 Å². The van der Waals surface area contributed by atoms with Crippen LogP contribution in [-0.2, 0) is 11.3 Å². The van der Waals surface area contributed by atoms with Crippen LogP contribution in [-0.4, -0.2) is 37.0 Å². The molecule has 0 aromatic carbocycles. The number of nitriles is 1. The Morgan fingerprint density at radius 3 is 2.86 bits per heavy atom. The summed E-state index contributed by atoms with van der Waals surface area (Å²) in [5, 5.41) is 19.9. The number of hydrogen-bond donors (Lipinski definition) is 0. The average Bonchev–Trinajstić information content (AvgIpc) is 3.24. The van der Waals surface area contributed by atoms with E-state index in [0.29, 0.717) is 12.4 Å². The van der Waals surface area contributed by atoms with Gasteiger partial charge in [-0.1, -0.05) is 6.92 Å². The van der Waals surface area contributed by atoms with Crippen molar-refractivity contribution >= 4 is 22.6 Å². The Bertz CT molecular complexity index is 1120. The van der Waals surface area contributed by atoms with Gasteiger partial charge in [0, 0.05) is 30.6 Å². The second-order valence-corrected chi connectivity index (χ2v) is 7.75. The molecule has 1 saturated heterocycles. The van der Waals surface area contributed by atoms with Crippen LogP contribution in [0, 0.1) is 28.6 Å². The van der Waals surface area contributed by atoms with Crippen molar-refractivity contribution in [1.82, 2.24) is 24.5 Å². The number of carbonyl (C=O) groups excluding carboxylic acids is 1. The molecule has 2 aliphatic rings. The van der Waals surface area contributed by atoms with E-state index in [1.165, 1.54) is 0 Å². The van der Waals surface area contributed by atoms with Crippen molar-refractivity contribution in [2.24, 2.45) is 17.3 Å². The zero-order chi connectivity index (χ0) is 19.5. The van der Waals surface area contributed by atoms with Gasteiger partial charge in [-0.2, -0.15) is 10.4 Å². The number of rotatable bonds is 4. The molecule has 8 heteroatoms. The predicted molar refractivity (Wildman–Crippen MR) is 103 cm³/mol. The molecule has 142 valence electrons. The van der Waals surface area contributed by atoms with Gasteiger partial charge in [-0.05, 0) is 31.7 Å². The summed E-state index contributed by atoms with van der Waals surface area (Å²) in [5.41, 5.74) is 0.713. The molecule has 8 nitrogen and oxygen atoms in total. The Kier molecular flexibility index (Phi) is 3.56. The molecule has 0 bridgehead atoms. The van der Waals surface area contributed by atoms with E-state index < -0.39 is 5.41 Å². The zero-order valence-corrected chi connectivity index (χ0v) is 15.9. The van der Waals surface area contributed by atoms with Gasteiger partial charge in [0.05, 0.1) is 30.2 Å². The van der Waals surface area contributed by atoms with E-state index >= 15 is 0 Å². The second kappa shape index (κ2) is 5.89. The number of carbonyl (C=O) groups is 1. The molecular formula is C20H21N7O. The minimum Gasteiger partial charge on any atom is -0.293 e. The molecule has 1 amide bonds. The summed E-state index contributed by atoms with van der Waals surface area (Å²) in [4.78, 5) is 19.4. The Morgan fingerprint density at radius 1 is 1.36 bits per heavy atom. The summed E-state index contributed by atoms with van der Waals surface area (Å²) in [7, 11) is 0. The van der Waals surface area contributed by atoms with Crippen molar-refractivity contribution in [2.75, 3.05) is 11.4 Å². The van der Waals surface area contributed by atoms with E-state index in [1.807, 2.05) is 30.8 Å². The highest BCUT2D eigenvalue weighted by Gasteiger charge is 2.61. The van der Waals surface area contributed by atoms with E-state index in [4.69, 9.17) is 5.10 Å². The Morgan fingerprint density at radius 2 is 2.18 bits per heavy atom. The second-order valence-electron chi connectivity index (χ2n) is 7.75. The molecule has 0 radical (unpaired) electrons. The van der Waals surface area contributed by atoms with Crippen LogP contribution >= 0.6 is 0 Å². The lowest BCUT2D eigenvalue weighted by Crippen LogP contribution is -2.37. The molecule has 28 heavy (non-hydrogen) atoms. The van der Waals surface area contributed by atoms with E-state index in [2.05, 4.69) is 16.2 Å². The third-order valence-electron chi connectivity index (χ3n) is 6.15. The lowest BCUT2D eigenvalue weighted by molar-refractivity contribution is -0.124. The predicted octanol–water partition coefficient (Wildman–Crippen LogP) is 2.54. The summed E-state index contributed by atoms with van der Waals surface area (Å²) < 4.78 is 3.61. The lowest BCUT2D eigenvalue weighted by atomic mass is 9.75. The van der Waals surface area contributed by atoms with Crippen molar-refractivity contribution < 1.29 is 4.79 Å². The maximum atomic E-state index is 13.4. The van der Waals surface area contributed by atoms with Gasteiger partial charge in [0.25, 0.3) is 0 Å². The van der Waals surface area contributed by atoms with Crippen LogP contribution in [0.2, 0.25) is 0 Å². The summed E-state index contributed by atoms with van der Waals surface area (Å²) in [5.74, 6) is 0.624. The van der Waals surface area contributed by atoms with Crippen LogP contribution in [0.15, 0.2) is 30.9 Å². The third kappa shape index (κ3) is 2.16. The highest BCUT2D eigenvalue weighted by Crippen LogP contribution is 2.54. The standard InChI is InChI=1S/C20H21N7O/c1-3-25-11-15(8-23-25)27-17-9-22-7-6-16(17)18(24-27)26-10-13(2)20(12-21,19(26)28)14-4-5-14/h6-9,11,13-14H,3-5,10H2,1-2H3/t13-,20+/m1/s1.